The fraction of sp³-hybridized carbons (Fsp3) is 0.500. The molecule has 0 fully saturated rings. The topological polar surface area (TPSA) is 117 Å². The van der Waals surface area contributed by atoms with Gasteiger partial charge in [0.15, 0.2) is 5.82 Å². The first-order valence-corrected chi connectivity index (χ1v) is 4.62. The summed E-state index contributed by atoms with van der Waals surface area (Å²) in [5.74, 6) is -0.611. The lowest BCUT2D eigenvalue weighted by Crippen LogP contribution is -2.44. The van der Waals surface area contributed by atoms with E-state index in [1.165, 1.54) is 13.3 Å². The van der Waals surface area contributed by atoms with E-state index in [1.54, 1.807) is 0 Å². The fourth-order valence-corrected chi connectivity index (χ4v) is 0.900. The lowest BCUT2D eigenvalue weighted by atomic mass is 10.3. The molecule has 1 unspecified atom stereocenters. The zero-order valence-corrected chi connectivity index (χ0v) is 8.64. The molecule has 0 saturated carbocycles. The minimum atomic E-state index is -1.09. The Bertz CT molecular complexity index is 351. The molecule has 1 atom stereocenters. The third kappa shape index (κ3) is 3.95. The molecule has 0 radical (unpaired) electrons. The maximum absolute atomic E-state index is 11.1. The van der Waals surface area contributed by atoms with Gasteiger partial charge in [-0.1, -0.05) is 5.16 Å². The van der Waals surface area contributed by atoms with Gasteiger partial charge >= 0.3 is 12.0 Å². The zero-order chi connectivity index (χ0) is 12.0. The number of aliphatic carboxylic acids is 1. The van der Waals surface area contributed by atoms with Crippen molar-refractivity contribution in [3.63, 3.8) is 0 Å². The number of amides is 2. The zero-order valence-electron chi connectivity index (χ0n) is 8.64. The van der Waals surface area contributed by atoms with Crippen LogP contribution < -0.4 is 10.6 Å². The van der Waals surface area contributed by atoms with Crippen LogP contribution in [-0.4, -0.2) is 39.8 Å². The Labute approximate surface area is 91.0 Å². The van der Waals surface area contributed by atoms with Crippen molar-refractivity contribution in [1.82, 2.24) is 20.8 Å². The maximum atomic E-state index is 11.1. The van der Waals surface area contributed by atoms with Crippen molar-refractivity contribution in [3.05, 3.63) is 12.2 Å². The van der Waals surface area contributed by atoms with Crippen molar-refractivity contribution in [1.29, 1.82) is 0 Å². The Morgan fingerprint density at radius 3 is 2.94 bits per heavy atom. The van der Waals surface area contributed by atoms with E-state index in [0.29, 0.717) is 18.8 Å². The molecule has 0 aliphatic heterocycles. The molecule has 0 spiro atoms. The van der Waals surface area contributed by atoms with E-state index >= 15 is 0 Å². The Kier molecular flexibility index (Phi) is 4.25. The highest BCUT2D eigenvalue weighted by atomic mass is 16.5. The second-order valence-corrected chi connectivity index (χ2v) is 3.06. The van der Waals surface area contributed by atoms with Crippen LogP contribution in [0.1, 0.15) is 12.7 Å². The number of carbonyl (C=O) groups is 2. The third-order valence-corrected chi connectivity index (χ3v) is 1.76. The van der Waals surface area contributed by atoms with Crippen LogP contribution in [0.3, 0.4) is 0 Å². The standard InChI is InChI=1S/C8H12N4O4/c1-5(7(13)14)11-8(15)9-3-2-6-10-4-16-12-6/h4-5H,2-3H2,1H3,(H,13,14)(H2,9,11,15). The number of rotatable bonds is 5. The van der Waals surface area contributed by atoms with Crippen molar-refractivity contribution in [2.75, 3.05) is 6.54 Å². The Balaban J connectivity index is 2.18. The summed E-state index contributed by atoms with van der Waals surface area (Å²) in [5.41, 5.74) is 0. The molecule has 1 rings (SSSR count). The predicted molar refractivity (Wildman–Crippen MR) is 51.6 cm³/mol. The fourth-order valence-electron chi connectivity index (χ4n) is 0.900. The van der Waals surface area contributed by atoms with Crippen LogP contribution in [0.2, 0.25) is 0 Å². The predicted octanol–water partition coefficient (Wildman–Crippen LogP) is -0.616. The summed E-state index contributed by atoms with van der Waals surface area (Å²) in [5, 5.41) is 16.8. The van der Waals surface area contributed by atoms with Gasteiger partial charge < -0.3 is 20.3 Å². The molecule has 16 heavy (non-hydrogen) atoms. The van der Waals surface area contributed by atoms with Crippen molar-refractivity contribution < 1.29 is 19.2 Å². The second-order valence-electron chi connectivity index (χ2n) is 3.06. The van der Waals surface area contributed by atoms with Gasteiger partial charge in [0.2, 0.25) is 6.39 Å². The second kappa shape index (κ2) is 5.69. The SMILES string of the molecule is CC(NC(=O)NCCc1ncon1)C(=O)O. The smallest absolute Gasteiger partial charge is 0.325 e. The molecule has 0 saturated heterocycles. The lowest BCUT2D eigenvalue weighted by Gasteiger charge is -2.09. The van der Waals surface area contributed by atoms with Gasteiger partial charge in [-0.15, -0.1) is 0 Å². The molecule has 2 amide bonds. The first kappa shape index (κ1) is 12.0. The number of carboxylic acids is 1. The molecule has 0 aliphatic carbocycles. The molecule has 88 valence electrons. The molecule has 1 aromatic heterocycles. The summed E-state index contributed by atoms with van der Waals surface area (Å²) in [7, 11) is 0. The van der Waals surface area contributed by atoms with Crippen molar-refractivity contribution in [2.24, 2.45) is 0 Å². The van der Waals surface area contributed by atoms with Gasteiger partial charge in [-0.05, 0) is 6.92 Å². The van der Waals surface area contributed by atoms with Crippen LogP contribution in [-0.2, 0) is 11.2 Å². The van der Waals surface area contributed by atoms with Gasteiger partial charge in [-0.25, -0.2) is 4.79 Å². The maximum Gasteiger partial charge on any atom is 0.325 e. The van der Waals surface area contributed by atoms with Crippen LogP contribution in [0.15, 0.2) is 10.9 Å². The molecular weight excluding hydrogens is 216 g/mol. The molecule has 0 aliphatic rings. The van der Waals surface area contributed by atoms with E-state index < -0.39 is 18.0 Å². The number of carbonyl (C=O) groups excluding carboxylic acids is 1. The summed E-state index contributed by atoms with van der Waals surface area (Å²) in [6, 6.07) is -1.47. The molecule has 3 N–H and O–H groups in total. The van der Waals surface area contributed by atoms with E-state index in [-0.39, 0.29) is 0 Å². The van der Waals surface area contributed by atoms with Crippen molar-refractivity contribution in [2.45, 2.75) is 19.4 Å². The van der Waals surface area contributed by atoms with Gasteiger partial charge in [0.1, 0.15) is 6.04 Å². The van der Waals surface area contributed by atoms with E-state index in [9.17, 15) is 9.59 Å². The van der Waals surface area contributed by atoms with Crippen LogP contribution in [0.5, 0.6) is 0 Å². The van der Waals surface area contributed by atoms with E-state index in [0.717, 1.165) is 0 Å². The summed E-state index contributed by atoms with van der Waals surface area (Å²) in [6.45, 7) is 1.68. The number of aromatic nitrogens is 2. The van der Waals surface area contributed by atoms with Crippen molar-refractivity contribution in [3.8, 4) is 0 Å². The highest BCUT2D eigenvalue weighted by Crippen LogP contribution is 1.88. The van der Waals surface area contributed by atoms with Gasteiger partial charge in [0.25, 0.3) is 0 Å². The molecule has 1 aromatic rings. The molecule has 0 bridgehead atoms. The van der Waals surface area contributed by atoms with Crippen LogP contribution in [0.25, 0.3) is 0 Å². The minimum Gasteiger partial charge on any atom is -0.480 e. The average molecular weight is 228 g/mol. The summed E-state index contributed by atoms with van der Waals surface area (Å²) in [4.78, 5) is 25.3. The largest absolute Gasteiger partial charge is 0.480 e. The third-order valence-electron chi connectivity index (χ3n) is 1.76. The van der Waals surface area contributed by atoms with E-state index in [2.05, 4.69) is 25.3 Å². The molecule has 0 aromatic carbocycles. The van der Waals surface area contributed by atoms with Crippen molar-refractivity contribution >= 4 is 12.0 Å². The van der Waals surface area contributed by atoms with Crippen LogP contribution >= 0.6 is 0 Å². The van der Waals surface area contributed by atoms with Gasteiger partial charge in [-0.3, -0.25) is 4.79 Å². The number of urea groups is 1. The first-order valence-electron chi connectivity index (χ1n) is 4.62. The Morgan fingerprint density at radius 2 is 2.38 bits per heavy atom. The lowest BCUT2D eigenvalue weighted by molar-refractivity contribution is -0.138. The first-order chi connectivity index (χ1) is 7.59. The minimum absolute atomic E-state index is 0.303. The van der Waals surface area contributed by atoms with Gasteiger partial charge in [0, 0.05) is 13.0 Å². The molecular formula is C8H12N4O4. The molecule has 1 heterocycles. The number of nitrogens with one attached hydrogen (secondary N) is 2. The number of hydrogen-bond donors (Lipinski definition) is 3. The normalized spacial score (nSPS) is 11.8. The Morgan fingerprint density at radius 1 is 1.62 bits per heavy atom. The van der Waals surface area contributed by atoms with Gasteiger partial charge in [0.05, 0.1) is 0 Å². The highest BCUT2D eigenvalue weighted by Gasteiger charge is 2.13. The number of nitrogens with zero attached hydrogens (tertiary/aromatic N) is 2. The monoisotopic (exact) mass is 228 g/mol. The van der Waals surface area contributed by atoms with Crippen LogP contribution in [0, 0.1) is 0 Å². The van der Waals surface area contributed by atoms with E-state index in [1.807, 2.05) is 0 Å². The molecule has 8 nitrogen and oxygen atoms in total. The summed E-state index contributed by atoms with van der Waals surface area (Å²) < 4.78 is 4.50. The Hall–Kier alpha value is -2.12. The quantitative estimate of drug-likeness (QED) is 0.618. The summed E-state index contributed by atoms with van der Waals surface area (Å²) in [6.07, 6.45) is 1.62. The highest BCUT2D eigenvalue weighted by molar-refractivity contribution is 5.82. The molecule has 8 heteroatoms. The number of carboxylic acid groups (broad SMARTS) is 1. The average Bonchev–Trinajstić information content (AvgIpc) is 2.70. The van der Waals surface area contributed by atoms with Gasteiger partial charge in [-0.2, -0.15) is 4.98 Å². The van der Waals surface area contributed by atoms with E-state index in [4.69, 9.17) is 5.11 Å². The number of hydrogen-bond acceptors (Lipinski definition) is 5. The van der Waals surface area contributed by atoms with Crippen LogP contribution in [0.4, 0.5) is 4.79 Å². The summed E-state index contributed by atoms with van der Waals surface area (Å²) >= 11 is 0.